The van der Waals surface area contributed by atoms with Crippen molar-refractivity contribution < 1.29 is 14.0 Å². The standard InChI is InChI=1S/C21H28FN3O2/c22-17-4-6-18(7-5-17)24-19(26)15-8-11-25(12-9-15)20(27)21-10-2-1-3-16(21)13-23-14-21/h4-7,15-16,23H,1-3,8-14H2,(H,24,26)/t16-,21+/m0/s1. The zero-order valence-corrected chi connectivity index (χ0v) is 15.7. The summed E-state index contributed by atoms with van der Waals surface area (Å²) < 4.78 is 13.0. The molecule has 2 N–H and O–H groups in total. The summed E-state index contributed by atoms with van der Waals surface area (Å²) in [4.78, 5) is 27.8. The van der Waals surface area contributed by atoms with E-state index in [2.05, 4.69) is 10.6 Å². The van der Waals surface area contributed by atoms with Gasteiger partial charge in [-0.15, -0.1) is 0 Å². The van der Waals surface area contributed by atoms with Crippen LogP contribution >= 0.6 is 0 Å². The average molecular weight is 373 g/mol. The van der Waals surface area contributed by atoms with Crippen LogP contribution in [0.1, 0.15) is 38.5 Å². The van der Waals surface area contributed by atoms with E-state index in [0.29, 0.717) is 43.4 Å². The molecule has 2 aliphatic heterocycles. The first-order valence-corrected chi connectivity index (χ1v) is 10.1. The van der Waals surface area contributed by atoms with Gasteiger partial charge in [-0.05, 0) is 62.4 Å². The van der Waals surface area contributed by atoms with E-state index < -0.39 is 0 Å². The summed E-state index contributed by atoms with van der Waals surface area (Å²) in [6.07, 6.45) is 5.89. The van der Waals surface area contributed by atoms with Crippen LogP contribution < -0.4 is 10.6 Å². The fourth-order valence-corrected chi connectivity index (χ4v) is 5.11. The lowest BCUT2D eigenvalue weighted by atomic mass is 9.67. The molecule has 2 amide bonds. The van der Waals surface area contributed by atoms with Crippen molar-refractivity contribution in [2.45, 2.75) is 38.5 Å². The molecule has 2 atom stereocenters. The molecule has 146 valence electrons. The Hall–Kier alpha value is -1.95. The predicted octanol–water partition coefficient (Wildman–Crippen LogP) is 2.78. The van der Waals surface area contributed by atoms with E-state index in [4.69, 9.17) is 0 Å². The van der Waals surface area contributed by atoms with Crippen molar-refractivity contribution in [3.05, 3.63) is 30.1 Å². The quantitative estimate of drug-likeness (QED) is 0.857. The highest BCUT2D eigenvalue weighted by molar-refractivity contribution is 5.93. The van der Waals surface area contributed by atoms with Gasteiger partial charge >= 0.3 is 0 Å². The molecule has 1 aliphatic carbocycles. The summed E-state index contributed by atoms with van der Waals surface area (Å²) in [6.45, 7) is 3.06. The third-order valence-corrected chi connectivity index (χ3v) is 6.73. The fraction of sp³-hybridized carbons (Fsp3) is 0.619. The Morgan fingerprint density at radius 2 is 1.85 bits per heavy atom. The number of nitrogens with one attached hydrogen (secondary N) is 2. The number of hydrogen-bond donors (Lipinski definition) is 2. The van der Waals surface area contributed by atoms with Crippen molar-refractivity contribution in [2.75, 3.05) is 31.5 Å². The lowest BCUT2D eigenvalue weighted by Crippen LogP contribution is -2.52. The van der Waals surface area contributed by atoms with Gasteiger partial charge in [-0.2, -0.15) is 0 Å². The third kappa shape index (κ3) is 3.59. The number of nitrogens with zero attached hydrogens (tertiary/aromatic N) is 1. The van der Waals surface area contributed by atoms with Crippen molar-refractivity contribution >= 4 is 17.5 Å². The van der Waals surface area contributed by atoms with Gasteiger partial charge in [-0.25, -0.2) is 4.39 Å². The largest absolute Gasteiger partial charge is 0.342 e. The third-order valence-electron chi connectivity index (χ3n) is 6.73. The predicted molar refractivity (Wildman–Crippen MR) is 102 cm³/mol. The molecule has 27 heavy (non-hydrogen) atoms. The van der Waals surface area contributed by atoms with Gasteiger partial charge in [0.15, 0.2) is 0 Å². The molecule has 3 aliphatic rings. The molecule has 0 spiro atoms. The first-order chi connectivity index (χ1) is 13.1. The van der Waals surface area contributed by atoms with Crippen LogP contribution in [0.15, 0.2) is 24.3 Å². The maximum Gasteiger partial charge on any atom is 0.230 e. The number of hydrogen-bond acceptors (Lipinski definition) is 3. The molecule has 4 rings (SSSR count). The summed E-state index contributed by atoms with van der Waals surface area (Å²) >= 11 is 0. The van der Waals surface area contributed by atoms with Gasteiger partial charge in [0, 0.05) is 31.2 Å². The van der Waals surface area contributed by atoms with Crippen molar-refractivity contribution in [1.29, 1.82) is 0 Å². The molecule has 1 saturated carbocycles. The number of anilines is 1. The van der Waals surface area contributed by atoms with E-state index in [-0.39, 0.29) is 23.1 Å². The van der Waals surface area contributed by atoms with Crippen LogP contribution in [0.5, 0.6) is 0 Å². The highest BCUT2D eigenvalue weighted by Gasteiger charge is 2.51. The van der Waals surface area contributed by atoms with Crippen LogP contribution in [0.25, 0.3) is 0 Å². The van der Waals surface area contributed by atoms with Crippen LogP contribution in [-0.2, 0) is 9.59 Å². The minimum Gasteiger partial charge on any atom is -0.342 e. The highest BCUT2D eigenvalue weighted by atomic mass is 19.1. The molecular formula is C21H28FN3O2. The van der Waals surface area contributed by atoms with E-state index in [1.807, 2.05) is 4.90 Å². The van der Waals surface area contributed by atoms with Crippen LogP contribution in [0.2, 0.25) is 0 Å². The summed E-state index contributed by atoms with van der Waals surface area (Å²) in [6, 6.07) is 5.82. The molecule has 1 aromatic rings. The molecule has 1 aromatic carbocycles. The van der Waals surface area contributed by atoms with Gasteiger partial charge in [-0.1, -0.05) is 12.8 Å². The fourth-order valence-electron chi connectivity index (χ4n) is 5.11. The zero-order chi connectivity index (χ0) is 18.9. The van der Waals surface area contributed by atoms with Crippen molar-refractivity contribution in [1.82, 2.24) is 10.2 Å². The smallest absolute Gasteiger partial charge is 0.230 e. The van der Waals surface area contributed by atoms with Crippen LogP contribution in [-0.4, -0.2) is 42.9 Å². The van der Waals surface area contributed by atoms with Crippen molar-refractivity contribution in [3.63, 3.8) is 0 Å². The van der Waals surface area contributed by atoms with Crippen LogP contribution in [0.4, 0.5) is 10.1 Å². The van der Waals surface area contributed by atoms with Crippen molar-refractivity contribution in [3.8, 4) is 0 Å². The SMILES string of the molecule is O=C(Nc1ccc(F)cc1)C1CCN(C(=O)[C@@]23CCCC[C@H]2CNC3)CC1. The Kier molecular flexibility index (Phi) is 5.17. The molecule has 0 radical (unpaired) electrons. The van der Waals surface area contributed by atoms with E-state index in [9.17, 15) is 14.0 Å². The number of carbonyl (C=O) groups is 2. The molecule has 2 saturated heterocycles. The zero-order valence-electron chi connectivity index (χ0n) is 15.7. The van der Waals surface area contributed by atoms with Gasteiger partial charge in [0.2, 0.25) is 11.8 Å². The highest BCUT2D eigenvalue weighted by Crippen LogP contribution is 2.45. The molecular weight excluding hydrogens is 345 g/mol. The number of rotatable bonds is 3. The topological polar surface area (TPSA) is 61.4 Å². The molecule has 0 bridgehead atoms. The normalized spacial score (nSPS) is 28.6. The second-order valence-electron chi connectivity index (χ2n) is 8.29. The second kappa shape index (κ2) is 7.58. The second-order valence-corrected chi connectivity index (χ2v) is 8.29. The monoisotopic (exact) mass is 373 g/mol. The summed E-state index contributed by atoms with van der Waals surface area (Å²) in [7, 11) is 0. The van der Waals surface area contributed by atoms with Gasteiger partial charge in [-0.3, -0.25) is 9.59 Å². The van der Waals surface area contributed by atoms with Gasteiger partial charge in [0.25, 0.3) is 0 Å². The number of halogens is 1. The van der Waals surface area contributed by atoms with E-state index in [0.717, 1.165) is 32.4 Å². The Morgan fingerprint density at radius 1 is 1.11 bits per heavy atom. The Balaban J connectivity index is 1.34. The maximum atomic E-state index is 13.3. The summed E-state index contributed by atoms with van der Waals surface area (Å²) in [5.41, 5.74) is 0.405. The van der Waals surface area contributed by atoms with E-state index in [1.54, 1.807) is 12.1 Å². The van der Waals surface area contributed by atoms with Crippen molar-refractivity contribution in [2.24, 2.45) is 17.3 Å². The lowest BCUT2D eigenvalue weighted by Gasteiger charge is -2.42. The minimum absolute atomic E-state index is 0.0371. The lowest BCUT2D eigenvalue weighted by molar-refractivity contribution is -0.147. The first kappa shape index (κ1) is 18.4. The molecule has 0 aromatic heterocycles. The van der Waals surface area contributed by atoms with Crippen LogP contribution in [0, 0.1) is 23.1 Å². The first-order valence-electron chi connectivity index (χ1n) is 10.1. The molecule has 5 nitrogen and oxygen atoms in total. The van der Waals surface area contributed by atoms with Gasteiger partial charge in [0.05, 0.1) is 5.41 Å². The number of likely N-dealkylation sites (tertiary alicyclic amines) is 1. The van der Waals surface area contributed by atoms with Gasteiger partial charge < -0.3 is 15.5 Å². The van der Waals surface area contributed by atoms with Crippen LogP contribution in [0.3, 0.4) is 0 Å². The number of fused-ring (bicyclic) bond motifs is 1. The number of amides is 2. The minimum atomic E-state index is -0.318. The number of piperidine rings is 1. The molecule has 6 heteroatoms. The number of benzene rings is 1. The molecule has 3 fully saturated rings. The van der Waals surface area contributed by atoms with Gasteiger partial charge in [0.1, 0.15) is 5.82 Å². The average Bonchev–Trinajstić information content (AvgIpc) is 3.14. The summed E-state index contributed by atoms with van der Waals surface area (Å²) in [5.74, 6) is 0.319. The van der Waals surface area contributed by atoms with E-state index in [1.165, 1.54) is 18.6 Å². The molecule has 2 heterocycles. The Morgan fingerprint density at radius 3 is 2.59 bits per heavy atom. The Labute approximate surface area is 159 Å². The number of carbonyl (C=O) groups excluding carboxylic acids is 2. The summed E-state index contributed by atoms with van der Waals surface area (Å²) in [5, 5.41) is 6.31. The molecule has 0 unspecified atom stereocenters. The van der Waals surface area contributed by atoms with E-state index >= 15 is 0 Å². The Bertz CT molecular complexity index is 700. The maximum absolute atomic E-state index is 13.3.